The van der Waals surface area contributed by atoms with E-state index in [4.69, 9.17) is 5.73 Å². The van der Waals surface area contributed by atoms with Crippen LogP contribution in [0.15, 0.2) is 42.6 Å². The summed E-state index contributed by atoms with van der Waals surface area (Å²) in [5, 5.41) is 0. The van der Waals surface area contributed by atoms with E-state index >= 15 is 0 Å². The van der Waals surface area contributed by atoms with Crippen molar-refractivity contribution >= 4 is 0 Å². The molecule has 0 saturated heterocycles. The fourth-order valence-corrected chi connectivity index (χ4v) is 2.50. The molecule has 2 heteroatoms. The number of aromatic nitrogens is 1. The molecule has 0 saturated carbocycles. The van der Waals surface area contributed by atoms with Gasteiger partial charge in [0.2, 0.25) is 11.4 Å². The van der Waals surface area contributed by atoms with Crippen molar-refractivity contribution in [2.75, 3.05) is 0 Å². The molecule has 2 N–H and O–H groups in total. The predicted molar refractivity (Wildman–Crippen MR) is 63.7 cm³/mol. The summed E-state index contributed by atoms with van der Waals surface area (Å²) < 4.78 is 2.14. The SMILES string of the molecule is Cc1ccc2c(c1)C(C)(N)[n+]1ccccc1-2. The highest BCUT2D eigenvalue weighted by atomic mass is 15.2. The van der Waals surface area contributed by atoms with Crippen LogP contribution in [0.5, 0.6) is 0 Å². The molecule has 1 aliphatic rings. The summed E-state index contributed by atoms with van der Waals surface area (Å²) in [5.74, 6) is 0. The minimum absolute atomic E-state index is 0.433. The number of nitrogens with two attached hydrogens (primary N) is 1. The zero-order valence-corrected chi connectivity index (χ0v) is 9.57. The average molecular weight is 211 g/mol. The molecule has 0 bridgehead atoms. The monoisotopic (exact) mass is 211 g/mol. The number of hydrogen-bond donors (Lipinski definition) is 1. The van der Waals surface area contributed by atoms with E-state index in [0.717, 1.165) is 0 Å². The molecule has 16 heavy (non-hydrogen) atoms. The maximum absolute atomic E-state index is 6.43. The second kappa shape index (κ2) is 2.92. The highest BCUT2D eigenvalue weighted by Gasteiger charge is 2.43. The minimum Gasteiger partial charge on any atom is -0.266 e. The molecule has 1 aromatic carbocycles. The van der Waals surface area contributed by atoms with Gasteiger partial charge in [-0.3, -0.25) is 5.73 Å². The van der Waals surface area contributed by atoms with Crippen LogP contribution < -0.4 is 10.3 Å². The summed E-state index contributed by atoms with van der Waals surface area (Å²) in [7, 11) is 0. The number of pyridine rings is 1. The zero-order valence-electron chi connectivity index (χ0n) is 9.57. The van der Waals surface area contributed by atoms with E-state index < -0.39 is 5.66 Å². The Bertz CT molecular complexity index is 571. The lowest BCUT2D eigenvalue weighted by atomic mass is 9.97. The summed E-state index contributed by atoms with van der Waals surface area (Å²) in [6.07, 6.45) is 2.05. The number of fused-ring (bicyclic) bond motifs is 3. The number of hydrogen-bond acceptors (Lipinski definition) is 1. The first-order valence-corrected chi connectivity index (χ1v) is 5.52. The fourth-order valence-electron chi connectivity index (χ4n) is 2.50. The van der Waals surface area contributed by atoms with Gasteiger partial charge in [0.1, 0.15) is 0 Å². The smallest absolute Gasteiger partial charge is 0.243 e. The molecular weight excluding hydrogens is 196 g/mol. The van der Waals surface area contributed by atoms with Gasteiger partial charge >= 0.3 is 0 Å². The molecule has 2 aromatic rings. The largest absolute Gasteiger partial charge is 0.266 e. The van der Waals surface area contributed by atoms with Gasteiger partial charge < -0.3 is 0 Å². The number of aryl methyl sites for hydroxylation is 1. The molecule has 0 fully saturated rings. The van der Waals surface area contributed by atoms with E-state index in [1.54, 1.807) is 0 Å². The maximum atomic E-state index is 6.43. The van der Waals surface area contributed by atoms with Crippen molar-refractivity contribution in [3.63, 3.8) is 0 Å². The third kappa shape index (κ3) is 1.08. The van der Waals surface area contributed by atoms with Crippen LogP contribution in [0.2, 0.25) is 0 Å². The Kier molecular flexibility index (Phi) is 1.74. The normalized spacial score (nSPS) is 21.7. The first-order chi connectivity index (χ1) is 7.60. The Balaban J connectivity index is 2.39. The zero-order chi connectivity index (χ0) is 11.3. The van der Waals surface area contributed by atoms with E-state index in [1.807, 2.05) is 12.3 Å². The van der Waals surface area contributed by atoms with Crippen LogP contribution in [-0.2, 0) is 5.66 Å². The van der Waals surface area contributed by atoms with Gasteiger partial charge in [0, 0.05) is 19.1 Å². The van der Waals surface area contributed by atoms with Gasteiger partial charge in [-0.1, -0.05) is 11.6 Å². The molecule has 0 spiro atoms. The van der Waals surface area contributed by atoms with Crippen LogP contribution in [0.1, 0.15) is 18.1 Å². The van der Waals surface area contributed by atoms with Gasteiger partial charge in [0.05, 0.1) is 11.1 Å². The Hall–Kier alpha value is -1.67. The van der Waals surface area contributed by atoms with E-state index in [9.17, 15) is 0 Å². The van der Waals surface area contributed by atoms with E-state index in [2.05, 4.69) is 48.7 Å². The lowest BCUT2D eigenvalue weighted by Gasteiger charge is -2.14. The molecule has 80 valence electrons. The highest BCUT2D eigenvalue weighted by Crippen LogP contribution is 2.34. The molecule has 2 heterocycles. The van der Waals surface area contributed by atoms with Crippen molar-refractivity contribution in [2.24, 2.45) is 5.73 Å². The predicted octanol–water partition coefficient (Wildman–Crippen LogP) is 1.94. The lowest BCUT2D eigenvalue weighted by molar-refractivity contribution is -0.734. The summed E-state index contributed by atoms with van der Waals surface area (Å²) in [6.45, 7) is 4.16. The van der Waals surface area contributed by atoms with Crippen molar-refractivity contribution in [1.29, 1.82) is 0 Å². The topological polar surface area (TPSA) is 29.9 Å². The molecule has 1 unspecified atom stereocenters. The third-order valence-electron chi connectivity index (χ3n) is 3.36. The standard InChI is InChI=1S/C14H15N2/c1-10-6-7-11-12(9-10)14(2,15)16-8-4-3-5-13(11)16/h3-9H,15H2,1-2H3/q+1. The quantitative estimate of drug-likeness (QED) is 0.663. The average Bonchev–Trinajstić information content (AvgIpc) is 2.49. The maximum Gasteiger partial charge on any atom is 0.243 e. The van der Waals surface area contributed by atoms with Crippen LogP contribution in [0.3, 0.4) is 0 Å². The van der Waals surface area contributed by atoms with Gasteiger partial charge in [-0.25, -0.2) is 0 Å². The van der Waals surface area contributed by atoms with E-state index in [0.29, 0.717) is 0 Å². The van der Waals surface area contributed by atoms with Crippen molar-refractivity contribution in [2.45, 2.75) is 19.5 Å². The molecule has 1 aromatic heterocycles. The van der Waals surface area contributed by atoms with Crippen molar-refractivity contribution in [3.8, 4) is 11.3 Å². The second-order valence-corrected chi connectivity index (χ2v) is 4.65. The van der Waals surface area contributed by atoms with Gasteiger partial charge in [-0.15, -0.1) is 0 Å². The fraction of sp³-hybridized carbons (Fsp3) is 0.214. The van der Waals surface area contributed by atoms with Crippen LogP contribution in [0.4, 0.5) is 0 Å². The number of rotatable bonds is 0. The lowest BCUT2D eigenvalue weighted by Crippen LogP contribution is -2.58. The van der Waals surface area contributed by atoms with Crippen molar-refractivity contribution in [3.05, 3.63) is 53.7 Å². The Morgan fingerprint density at radius 1 is 1.19 bits per heavy atom. The molecule has 3 rings (SSSR count). The van der Waals surface area contributed by atoms with Crippen molar-refractivity contribution < 1.29 is 4.57 Å². The first-order valence-electron chi connectivity index (χ1n) is 5.52. The van der Waals surface area contributed by atoms with Gasteiger partial charge in [0.15, 0.2) is 6.20 Å². The molecule has 1 aliphatic heterocycles. The van der Waals surface area contributed by atoms with E-state index in [-0.39, 0.29) is 0 Å². The Morgan fingerprint density at radius 2 is 2.00 bits per heavy atom. The summed E-state index contributed by atoms with van der Waals surface area (Å²) in [5.41, 5.74) is 10.9. The molecular formula is C14H15N2+. The van der Waals surface area contributed by atoms with E-state index in [1.165, 1.54) is 22.4 Å². The Morgan fingerprint density at radius 3 is 2.81 bits per heavy atom. The van der Waals surface area contributed by atoms with Gasteiger partial charge in [0.25, 0.3) is 0 Å². The molecule has 1 atom stereocenters. The molecule has 0 radical (unpaired) electrons. The summed E-state index contributed by atoms with van der Waals surface area (Å²) in [4.78, 5) is 0. The van der Waals surface area contributed by atoms with Crippen LogP contribution in [0, 0.1) is 6.92 Å². The minimum atomic E-state index is -0.433. The molecule has 0 aliphatic carbocycles. The van der Waals surface area contributed by atoms with Crippen LogP contribution >= 0.6 is 0 Å². The highest BCUT2D eigenvalue weighted by molar-refractivity contribution is 5.65. The van der Waals surface area contributed by atoms with Gasteiger partial charge in [-0.05, 0) is 25.1 Å². The van der Waals surface area contributed by atoms with Crippen LogP contribution in [-0.4, -0.2) is 0 Å². The molecule has 0 amide bonds. The molecule has 2 nitrogen and oxygen atoms in total. The number of nitrogens with zero attached hydrogens (tertiary/aromatic N) is 1. The van der Waals surface area contributed by atoms with Gasteiger partial charge in [-0.2, -0.15) is 4.57 Å². The third-order valence-corrected chi connectivity index (χ3v) is 3.36. The summed E-state index contributed by atoms with van der Waals surface area (Å²) >= 11 is 0. The van der Waals surface area contributed by atoms with Crippen LogP contribution in [0.25, 0.3) is 11.3 Å². The van der Waals surface area contributed by atoms with Crippen molar-refractivity contribution in [1.82, 2.24) is 0 Å². The first kappa shape index (κ1) is 9.55. The number of benzene rings is 1. The summed E-state index contributed by atoms with van der Waals surface area (Å²) in [6, 6.07) is 12.7. The second-order valence-electron chi connectivity index (χ2n) is 4.65. The Labute approximate surface area is 95.3 Å².